The van der Waals surface area contributed by atoms with Crippen molar-refractivity contribution >= 4 is 27.3 Å². The number of nitrogens with two attached hydrogens (primary N) is 1. The first-order chi connectivity index (χ1) is 6.06. The van der Waals surface area contributed by atoms with Crippen LogP contribution in [-0.2, 0) is 6.54 Å². The Morgan fingerprint density at radius 2 is 2.23 bits per heavy atom. The second kappa shape index (κ2) is 4.55. The van der Waals surface area contributed by atoms with Gasteiger partial charge in [0.2, 0.25) is 0 Å². The molecule has 0 aromatic carbocycles. The summed E-state index contributed by atoms with van der Waals surface area (Å²) in [4.78, 5) is 4.78. The lowest BCUT2D eigenvalue weighted by atomic mass is 10.2. The Bertz CT molecular complexity index is 283. The van der Waals surface area contributed by atoms with Crippen molar-refractivity contribution in [3.8, 4) is 0 Å². The zero-order chi connectivity index (χ0) is 10.0. The first-order valence-corrected chi connectivity index (χ1v) is 5.81. The summed E-state index contributed by atoms with van der Waals surface area (Å²) in [6, 6.07) is 2.62. The molecule has 13 heavy (non-hydrogen) atoms. The van der Waals surface area contributed by atoms with Gasteiger partial charge in [-0.2, -0.15) is 0 Å². The third-order valence-electron chi connectivity index (χ3n) is 2.15. The molecule has 0 bridgehead atoms. The van der Waals surface area contributed by atoms with E-state index in [1.54, 1.807) is 11.3 Å². The van der Waals surface area contributed by atoms with Crippen LogP contribution in [0.2, 0.25) is 0 Å². The lowest BCUT2D eigenvalue weighted by Gasteiger charge is -2.17. The summed E-state index contributed by atoms with van der Waals surface area (Å²) in [6.07, 6.45) is 0. The summed E-state index contributed by atoms with van der Waals surface area (Å²) in [5.41, 5.74) is 5.61. The highest BCUT2D eigenvalue weighted by Gasteiger charge is 2.12. The van der Waals surface area contributed by atoms with Gasteiger partial charge in [0.25, 0.3) is 0 Å². The molecule has 1 aromatic rings. The second-order valence-corrected chi connectivity index (χ2v) is 5.29. The van der Waals surface area contributed by atoms with E-state index < -0.39 is 0 Å². The Morgan fingerprint density at radius 1 is 1.62 bits per heavy atom. The highest BCUT2D eigenvalue weighted by molar-refractivity contribution is 9.10. The SMILES string of the molecule is CC(c1cc(Br)c(CN)s1)N(C)C. The van der Waals surface area contributed by atoms with E-state index in [-0.39, 0.29) is 0 Å². The summed E-state index contributed by atoms with van der Waals surface area (Å²) in [7, 11) is 4.17. The summed E-state index contributed by atoms with van der Waals surface area (Å²) < 4.78 is 1.14. The van der Waals surface area contributed by atoms with Gasteiger partial charge in [-0.1, -0.05) is 0 Å². The number of nitrogens with zero attached hydrogens (tertiary/aromatic N) is 1. The van der Waals surface area contributed by atoms with Crippen molar-refractivity contribution in [1.29, 1.82) is 0 Å². The van der Waals surface area contributed by atoms with Gasteiger partial charge in [0, 0.05) is 26.8 Å². The van der Waals surface area contributed by atoms with E-state index >= 15 is 0 Å². The maximum Gasteiger partial charge on any atom is 0.0407 e. The lowest BCUT2D eigenvalue weighted by Crippen LogP contribution is -2.15. The van der Waals surface area contributed by atoms with Gasteiger partial charge in [-0.15, -0.1) is 11.3 Å². The molecule has 1 atom stereocenters. The van der Waals surface area contributed by atoms with E-state index in [1.165, 1.54) is 9.75 Å². The Balaban J connectivity index is 2.90. The van der Waals surface area contributed by atoms with Gasteiger partial charge < -0.3 is 10.6 Å². The second-order valence-electron chi connectivity index (χ2n) is 3.26. The lowest BCUT2D eigenvalue weighted by molar-refractivity contribution is 0.325. The zero-order valence-corrected chi connectivity index (χ0v) is 10.6. The maximum atomic E-state index is 5.61. The normalized spacial score (nSPS) is 13.7. The molecule has 2 nitrogen and oxygen atoms in total. The third kappa shape index (κ3) is 2.53. The zero-order valence-electron chi connectivity index (χ0n) is 8.17. The molecule has 1 heterocycles. The summed E-state index contributed by atoms with van der Waals surface area (Å²) in [5.74, 6) is 0. The standard InChI is InChI=1S/C9H15BrN2S/c1-6(12(2)3)8-4-7(10)9(5-11)13-8/h4,6H,5,11H2,1-3H3. The molecule has 74 valence electrons. The molecule has 1 aromatic heterocycles. The molecule has 0 aliphatic heterocycles. The largest absolute Gasteiger partial charge is 0.326 e. The van der Waals surface area contributed by atoms with Crippen LogP contribution in [0, 0.1) is 0 Å². The van der Waals surface area contributed by atoms with Crippen molar-refractivity contribution in [2.24, 2.45) is 5.73 Å². The molecule has 0 aliphatic rings. The monoisotopic (exact) mass is 262 g/mol. The average molecular weight is 263 g/mol. The molecule has 0 saturated heterocycles. The number of hydrogen-bond acceptors (Lipinski definition) is 3. The van der Waals surface area contributed by atoms with E-state index in [0.717, 1.165) is 4.47 Å². The quantitative estimate of drug-likeness (QED) is 0.908. The molecule has 4 heteroatoms. The molecule has 0 aliphatic carbocycles. The first-order valence-electron chi connectivity index (χ1n) is 4.21. The highest BCUT2D eigenvalue weighted by atomic mass is 79.9. The Morgan fingerprint density at radius 3 is 2.62 bits per heavy atom. The van der Waals surface area contributed by atoms with Crippen molar-refractivity contribution < 1.29 is 0 Å². The fourth-order valence-electron chi connectivity index (χ4n) is 1.03. The molecule has 0 saturated carbocycles. The predicted molar refractivity (Wildman–Crippen MR) is 62.0 cm³/mol. The first kappa shape index (κ1) is 11.2. The van der Waals surface area contributed by atoms with Crippen molar-refractivity contribution in [3.63, 3.8) is 0 Å². The summed E-state index contributed by atoms with van der Waals surface area (Å²) >= 11 is 5.29. The summed E-state index contributed by atoms with van der Waals surface area (Å²) in [5, 5.41) is 0. The van der Waals surface area contributed by atoms with Gasteiger partial charge in [-0.3, -0.25) is 0 Å². The molecule has 2 N–H and O–H groups in total. The fourth-order valence-corrected chi connectivity index (χ4v) is 2.91. The minimum absolute atomic E-state index is 0.460. The number of thiophene rings is 1. The van der Waals surface area contributed by atoms with Crippen LogP contribution in [0.4, 0.5) is 0 Å². The van der Waals surface area contributed by atoms with Crippen LogP contribution in [0.15, 0.2) is 10.5 Å². The summed E-state index contributed by atoms with van der Waals surface area (Å²) in [6.45, 7) is 2.81. The van der Waals surface area contributed by atoms with E-state index in [0.29, 0.717) is 12.6 Å². The van der Waals surface area contributed by atoms with Gasteiger partial charge in [0.1, 0.15) is 0 Å². The molecule has 0 fully saturated rings. The van der Waals surface area contributed by atoms with Gasteiger partial charge in [0.15, 0.2) is 0 Å². The van der Waals surface area contributed by atoms with Crippen LogP contribution >= 0.6 is 27.3 Å². The van der Waals surface area contributed by atoms with E-state index in [9.17, 15) is 0 Å². The minimum atomic E-state index is 0.460. The van der Waals surface area contributed by atoms with Crippen LogP contribution in [0.5, 0.6) is 0 Å². The van der Waals surface area contributed by atoms with E-state index in [4.69, 9.17) is 5.73 Å². The van der Waals surface area contributed by atoms with Crippen molar-refractivity contribution in [3.05, 3.63) is 20.3 Å². The Kier molecular flexibility index (Phi) is 3.91. The number of hydrogen-bond donors (Lipinski definition) is 1. The van der Waals surface area contributed by atoms with E-state index in [1.807, 2.05) is 0 Å². The number of rotatable bonds is 3. The van der Waals surface area contributed by atoms with Crippen LogP contribution in [0.3, 0.4) is 0 Å². The average Bonchev–Trinajstić information content (AvgIpc) is 2.45. The van der Waals surface area contributed by atoms with Crippen molar-refractivity contribution in [2.75, 3.05) is 14.1 Å². The molecular formula is C9H15BrN2S. The Labute approximate surface area is 91.9 Å². The molecular weight excluding hydrogens is 248 g/mol. The van der Waals surface area contributed by atoms with Crippen LogP contribution < -0.4 is 5.73 Å². The molecule has 1 unspecified atom stereocenters. The van der Waals surface area contributed by atoms with Gasteiger partial charge in [-0.25, -0.2) is 0 Å². The molecule has 0 radical (unpaired) electrons. The van der Waals surface area contributed by atoms with Crippen LogP contribution in [-0.4, -0.2) is 19.0 Å². The smallest absolute Gasteiger partial charge is 0.0407 e. The predicted octanol–water partition coefficient (Wildman–Crippen LogP) is 2.59. The van der Waals surface area contributed by atoms with Gasteiger partial charge >= 0.3 is 0 Å². The van der Waals surface area contributed by atoms with Gasteiger partial charge in [0.05, 0.1) is 0 Å². The molecule has 0 spiro atoms. The molecule has 0 amide bonds. The fraction of sp³-hybridized carbons (Fsp3) is 0.556. The van der Waals surface area contributed by atoms with Gasteiger partial charge in [-0.05, 0) is 43.0 Å². The van der Waals surface area contributed by atoms with Crippen LogP contribution in [0.25, 0.3) is 0 Å². The topological polar surface area (TPSA) is 29.3 Å². The minimum Gasteiger partial charge on any atom is -0.326 e. The van der Waals surface area contributed by atoms with Crippen LogP contribution in [0.1, 0.15) is 22.7 Å². The maximum absolute atomic E-state index is 5.61. The van der Waals surface area contributed by atoms with Crippen molar-refractivity contribution in [1.82, 2.24) is 4.90 Å². The third-order valence-corrected chi connectivity index (χ3v) is 4.45. The molecule has 1 rings (SSSR count). The van der Waals surface area contributed by atoms with E-state index in [2.05, 4.69) is 47.9 Å². The Hall–Kier alpha value is 0.1000. The highest BCUT2D eigenvalue weighted by Crippen LogP contribution is 2.32. The number of halogens is 1. The van der Waals surface area contributed by atoms with Crippen molar-refractivity contribution in [2.45, 2.75) is 19.5 Å².